The van der Waals surface area contributed by atoms with Crippen molar-refractivity contribution in [2.45, 2.75) is 72.1 Å². The summed E-state index contributed by atoms with van der Waals surface area (Å²) in [5.74, 6) is 1.86. The largest absolute Gasteiger partial charge is 0.491 e. The first kappa shape index (κ1) is 23.8. The minimum Gasteiger partial charge on any atom is -0.491 e. The Morgan fingerprint density at radius 3 is 2.28 bits per heavy atom. The van der Waals surface area contributed by atoms with Gasteiger partial charge < -0.3 is 20.3 Å². The van der Waals surface area contributed by atoms with Gasteiger partial charge in [-0.25, -0.2) is 4.99 Å². The maximum Gasteiger partial charge on any atom is 0.219 e. The van der Waals surface area contributed by atoms with E-state index in [0.717, 1.165) is 49.7 Å². The van der Waals surface area contributed by atoms with E-state index >= 15 is 0 Å². The van der Waals surface area contributed by atoms with E-state index in [2.05, 4.69) is 24.5 Å². The Bertz CT molecular complexity index is 710. The van der Waals surface area contributed by atoms with Crippen LogP contribution < -0.4 is 15.4 Å². The molecule has 1 heterocycles. The molecule has 29 heavy (non-hydrogen) atoms. The number of nitrogens with one attached hydrogen (secondary N) is 2. The molecule has 1 saturated heterocycles. The number of hydrogen-bond acceptors (Lipinski definition) is 3. The molecule has 3 rings (SSSR count). The molecule has 1 aliphatic heterocycles. The van der Waals surface area contributed by atoms with Gasteiger partial charge in [-0.05, 0) is 62.8 Å². The molecule has 1 aliphatic carbocycles. The number of hydrogen-bond donors (Lipinski definition) is 2. The molecule has 1 amide bonds. The van der Waals surface area contributed by atoms with Gasteiger partial charge in [-0.1, -0.05) is 13.8 Å². The smallest absolute Gasteiger partial charge is 0.219 e. The highest BCUT2D eigenvalue weighted by molar-refractivity contribution is 14.0. The third kappa shape index (κ3) is 7.04. The van der Waals surface area contributed by atoms with Crippen LogP contribution in [0.15, 0.2) is 29.3 Å². The van der Waals surface area contributed by atoms with Gasteiger partial charge in [0.2, 0.25) is 5.91 Å². The summed E-state index contributed by atoms with van der Waals surface area (Å²) in [6.45, 7) is 11.8. The van der Waals surface area contributed by atoms with Crippen molar-refractivity contribution >= 4 is 41.5 Å². The molecule has 0 radical (unpaired) electrons. The number of guanidine groups is 1. The summed E-state index contributed by atoms with van der Waals surface area (Å²) >= 11 is 0. The molecule has 1 saturated carbocycles. The van der Waals surface area contributed by atoms with E-state index < -0.39 is 0 Å². The van der Waals surface area contributed by atoms with E-state index in [-0.39, 0.29) is 41.4 Å². The number of aliphatic imine (C=N–C) groups is 1. The fraction of sp³-hybridized carbons (Fsp3) is 0.636. The summed E-state index contributed by atoms with van der Waals surface area (Å²) in [6.07, 6.45) is 3.16. The summed E-state index contributed by atoms with van der Waals surface area (Å²) < 4.78 is 5.72. The van der Waals surface area contributed by atoms with Crippen LogP contribution in [-0.4, -0.2) is 48.0 Å². The molecule has 0 bridgehead atoms. The topological polar surface area (TPSA) is 66.0 Å². The van der Waals surface area contributed by atoms with E-state index in [1.807, 2.05) is 43.0 Å². The van der Waals surface area contributed by atoms with Crippen LogP contribution in [0.4, 0.5) is 5.69 Å². The average Bonchev–Trinajstić information content (AvgIpc) is 3.22. The molecule has 1 aromatic carbocycles. The molecular formula is C22H35IN4O2. The van der Waals surface area contributed by atoms with Gasteiger partial charge in [0.25, 0.3) is 0 Å². The molecule has 0 aromatic heterocycles. The first-order valence-corrected chi connectivity index (χ1v) is 10.4. The zero-order chi connectivity index (χ0) is 20.3. The zero-order valence-corrected chi connectivity index (χ0v) is 20.5. The van der Waals surface area contributed by atoms with Crippen molar-refractivity contribution in [3.63, 3.8) is 0 Å². The number of anilines is 1. The van der Waals surface area contributed by atoms with E-state index in [9.17, 15) is 4.79 Å². The van der Waals surface area contributed by atoms with Crippen molar-refractivity contribution < 1.29 is 9.53 Å². The summed E-state index contributed by atoms with van der Waals surface area (Å²) in [6, 6.07) is 8.67. The highest BCUT2D eigenvalue weighted by Crippen LogP contribution is 2.47. The monoisotopic (exact) mass is 514 g/mol. The van der Waals surface area contributed by atoms with Gasteiger partial charge in [0.05, 0.1) is 12.1 Å². The molecule has 2 aliphatic rings. The van der Waals surface area contributed by atoms with Crippen LogP contribution in [0.1, 0.15) is 53.9 Å². The predicted molar refractivity (Wildman–Crippen MR) is 129 cm³/mol. The predicted octanol–water partition coefficient (Wildman–Crippen LogP) is 4.26. The lowest BCUT2D eigenvalue weighted by Gasteiger charge is -2.32. The van der Waals surface area contributed by atoms with Crippen LogP contribution in [0.25, 0.3) is 0 Å². The number of nitrogens with zero attached hydrogens (tertiary/aromatic N) is 2. The Morgan fingerprint density at radius 1 is 1.21 bits per heavy atom. The van der Waals surface area contributed by atoms with Gasteiger partial charge in [-0.3, -0.25) is 4.79 Å². The fourth-order valence-electron chi connectivity index (χ4n) is 3.48. The Morgan fingerprint density at radius 2 is 1.79 bits per heavy atom. The SMILES string of the molecule is CC(=O)N1CCC(NC(=NC2CC2(C)C)Nc2ccc(OC(C)C)cc2)CC1.I. The molecule has 1 atom stereocenters. The maximum atomic E-state index is 11.5. The molecule has 162 valence electrons. The second-order valence-electron chi connectivity index (χ2n) is 8.93. The van der Waals surface area contributed by atoms with Crippen molar-refractivity contribution in [1.29, 1.82) is 0 Å². The molecule has 7 heteroatoms. The Hall–Kier alpha value is -1.51. The summed E-state index contributed by atoms with van der Waals surface area (Å²) in [5, 5.41) is 7.04. The number of piperidine rings is 1. The highest BCUT2D eigenvalue weighted by Gasteiger charge is 2.46. The second kappa shape index (κ2) is 10.00. The second-order valence-corrected chi connectivity index (χ2v) is 8.93. The zero-order valence-electron chi connectivity index (χ0n) is 18.2. The van der Waals surface area contributed by atoms with Crippen LogP contribution in [0.3, 0.4) is 0 Å². The fourth-order valence-corrected chi connectivity index (χ4v) is 3.48. The van der Waals surface area contributed by atoms with E-state index in [1.54, 1.807) is 6.92 Å². The number of halogens is 1. The third-order valence-electron chi connectivity index (χ3n) is 5.52. The number of rotatable bonds is 5. The van der Waals surface area contributed by atoms with Gasteiger partial charge in [0.15, 0.2) is 5.96 Å². The molecule has 6 nitrogen and oxygen atoms in total. The van der Waals surface area contributed by atoms with Crippen LogP contribution in [0.2, 0.25) is 0 Å². The maximum absolute atomic E-state index is 11.5. The number of carbonyl (C=O) groups excluding carboxylic acids is 1. The van der Waals surface area contributed by atoms with Gasteiger partial charge in [-0.2, -0.15) is 0 Å². The van der Waals surface area contributed by atoms with Gasteiger partial charge in [0.1, 0.15) is 5.75 Å². The lowest BCUT2D eigenvalue weighted by Crippen LogP contribution is -2.47. The minimum atomic E-state index is 0. The van der Waals surface area contributed by atoms with Crippen LogP contribution in [0, 0.1) is 5.41 Å². The molecular weight excluding hydrogens is 479 g/mol. The standard InChI is InChI=1S/C22H34N4O2.HI/c1-15(2)28-19-8-6-17(7-9-19)23-21(25-20-14-22(20,4)5)24-18-10-12-26(13-11-18)16(3)27;/h6-9,15,18,20H,10-14H2,1-5H3,(H2,23,24,25);1H. The lowest BCUT2D eigenvalue weighted by molar-refractivity contribution is -0.129. The lowest BCUT2D eigenvalue weighted by atomic mass is 10.1. The molecule has 2 fully saturated rings. The number of benzene rings is 1. The van der Waals surface area contributed by atoms with Crippen molar-refractivity contribution in [3.05, 3.63) is 24.3 Å². The Balaban J connectivity index is 0.00000300. The summed E-state index contributed by atoms with van der Waals surface area (Å²) in [7, 11) is 0. The normalized spacial score (nSPS) is 21.4. The van der Waals surface area contributed by atoms with Crippen molar-refractivity contribution in [2.24, 2.45) is 10.4 Å². The van der Waals surface area contributed by atoms with Gasteiger partial charge in [0, 0.05) is 31.7 Å². The van der Waals surface area contributed by atoms with E-state index in [1.165, 1.54) is 0 Å². The Labute approximate surface area is 191 Å². The molecule has 1 unspecified atom stereocenters. The third-order valence-corrected chi connectivity index (χ3v) is 5.52. The van der Waals surface area contributed by atoms with Crippen LogP contribution in [0.5, 0.6) is 5.75 Å². The first-order valence-electron chi connectivity index (χ1n) is 10.4. The average molecular weight is 514 g/mol. The van der Waals surface area contributed by atoms with Crippen molar-refractivity contribution in [3.8, 4) is 5.75 Å². The van der Waals surface area contributed by atoms with E-state index in [0.29, 0.717) is 12.1 Å². The highest BCUT2D eigenvalue weighted by atomic mass is 127. The number of carbonyl (C=O) groups is 1. The summed E-state index contributed by atoms with van der Waals surface area (Å²) in [5.41, 5.74) is 1.27. The van der Waals surface area contributed by atoms with Crippen LogP contribution in [-0.2, 0) is 4.79 Å². The molecule has 0 spiro atoms. The Kier molecular flexibility index (Phi) is 8.19. The number of likely N-dealkylation sites (tertiary alicyclic amines) is 1. The van der Waals surface area contributed by atoms with Crippen molar-refractivity contribution in [1.82, 2.24) is 10.2 Å². The van der Waals surface area contributed by atoms with Gasteiger partial charge >= 0.3 is 0 Å². The molecule has 2 N–H and O–H groups in total. The minimum absolute atomic E-state index is 0. The number of ether oxygens (including phenoxy) is 1. The molecule has 1 aromatic rings. The van der Waals surface area contributed by atoms with Gasteiger partial charge in [-0.15, -0.1) is 24.0 Å². The van der Waals surface area contributed by atoms with E-state index in [4.69, 9.17) is 9.73 Å². The van der Waals surface area contributed by atoms with Crippen molar-refractivity contribution in [2.75, 3.05) is 18.4 Å². The van der Waals surface area contributed by atoms with Crippen LogP contribution >= 0.6 is 24.0 Å². The quantitative estimate of drug-likeness (QED) is 0.350. The number of amides is 1. The first-order chi connectivity index (χ1) is 13.2. The summed E-state index contributed by atoms with van der Waals surface area (Å²) in [4.78, 5) is 18.4.